The Morgan fingerprint density at radius 2 is 2.00 bits per heavy atom. The fourth-order valence-corrected chi connectivity index (χ4v) is 5.04. The van der Waals surface area contributed by atoms with E-state index in [2.05, 4.69) is 15.9 Å². The van der Waals surface area contributed by atoms with Crippen molar-refractivity contribution in [1.29, 1.82) is 0 Å². The first-order valence-electron chi connectivity index (χ1n) is 9.61. The molecule has 0 aliphatic heterocycles. The van der Waals surface area contributed by atoms with Gasteiger partial charge in [-0.05, 0) is 55.9 Å². The number of carbonyl (C=O) groups is 1. The molecule has 3 N–H and O–H groups in total. The Balaban J connectivity index is 1.63. The highest BCUT2D eigenvalue weighted by Gasteiger charge is 2.34. The van der Waals surface area contributed by atoms with Gasteiger partial charge in [-0.2, -0.15) is 11.8 Å². The van der Waals surface area contributed by atoms with Crippen LogP contribution < -0.4 is 4.74 Å². The van der Waals surface area contributed by atoms with Crippen LogP contribution in [0.15, 0.2) is 28.7 Å². The minimum atomic E-state index is -0.953. The van der Waals surface area contributed by atoms with Crippen LogP contribution in [0.2, 0.25) is 0 Å². The second kappa shape index (κ2) is 12.7. The van der Waals surface area contributed by atoms with Crippen molar-refractivity contribution in [3.8, 4) is 5.75 Å². The molecule has 0 radical (unpaired) electrons. The van der Waals surface area contributed by atoms with Gasteiger partial charge >= 0.3 is 5.97 Å². The lowest BCUT2D eigenvalue weighted by Gasteiger charge is -2.23. The minimum Gasteiger partial charge on any atom is -0.491 e. The third kappa shape index (κ3) is 8.69. The van der Waals surface area contributed by atoms with E-state index in [1.807, 2.05) is 24.3 Å². The lowest BCUT2D eigenvalue weighted by molar-refractivity contribution is -0.142. The third-order valence-corrected chi connectivity index (χ3v) is 6.90. The largest absolute Gasteiger partial charge is 0.491 e. The summed E-state index contributed by atoms with van der Waals surface area (Å²) in [6.45, 7) is 0.416. The number of aliphatic hydroxyl groups excluding tert-OH is 2. The zero-order valence-corrected chi connectivity index (χ0v) is 18.2. The number of carboxylic acids is 1. The maximum Gasteiger partial charge on any atom is 0.329 e. The van der Waals surface area contributed by atoms with Gasteiger partial charge in [-0.15, -0.1) is 0 Å². The zero-order valence-electron chi connectivity index (χ0n) is 15.8. The lowest BCUT2D eigenvalue weighted by atomic mass is 9.98. The number of hydrogen-bond acceptors (Lipinski definition) is 6. The Morgan fingerprint density at radius 1 is 1.25 bits per heavy atom. The summed E-state index contributed by atoms with van der Waals surface area (Å²) in [4.78, 5) is 10.4. The van der Waals surface area contributed by atoms with Crippen LogP contribution >= 0.6 is 27.7 Å². The molecule has 0 spiro atoms. The van der Waals surface area contributed by atoms with Crippen LogP contribution in [0.3, 0.4) is 0 Å². The first kappa shape index (κ1) is 23.5. The second-order valence-corrected chi connectivity index (χ2v) is 9.23. The molecule has 1 aromatic carbocycles. The van der Waals surface area contributed by atoms with Crippen molar-refractivity contribution in [3.63, 3.8) is 0 Å². The van der Waals surface area contributed by atoms with Crippen LogP contribution in [-0.2, 0) is 9.53 Å². The van der Waals surface area contributed by atoms with Gasteiger partial charge < -0.3 is 24.8 Å². The van der Waals surface area contributed by atoms with E-state index < -0.39 is 12.1 Å². The van der Waals surface area contributed by atoms with E-state index in [1.165, 1.54) is 0 Å². The number of aliphatic carboxylic acids is 1. The summed E-state index contributed by atoms with van der Waals surface area (Å²) in [6.07, 6.45) is 3.46. The van der Waals surface area contributed by atoms with Gasteiger partial charge in [0.05, 0.1) is 12.2 Å². The average Bonchev–Trinajstić information content (AvgIpc) is 3.02. The summed E-state index contributed by atoms with van der Waals surface area (Å²) in [6, 6.07) is 7.50. The molecule has 0 aromatic heterocycles. The molecule has 1 aliphatic rings. The quantitative estimate of drug-likeness (QED) is 0.375. The van der Waals surface area contributed by atoms with Gasteiger partial charge in [0.25, 0.3) is 0 Å². The van der Waals surface area contributed by atoms with Crippen LogP contribution in [0.1, 0.15) is 32.1 Å². The number of rotatable bonds is 13. The van der Waals surface area contributed by atoms with Gasteiger partial charge in [0.15, 0.2) is 0 Å². The van der Waals surface area contributed by atoms with E-state index in [0.717, 1.165) is 42.3 Å². The zero-order chi connectivity index (χ0) is 20.4. The molecule has 0 amide bonds. The maximum atomic E-state index is 10.4. The predicted octanol–water partition coefficient (Wildman–Crippen LogP) is 3.33. The molecule has 0 bridgehead atoms. The van der Waals surface area contributed by atoms with Crippen molar-refractivity contribution in [2.75, 3.05) is 25.6 Å². The highest BCUT2D eigenvalue weighted by Crippen LogP contribution is 2.38. The molecule has 28 heavy (non-hydrogen) atoms. The Hall–Kier alpha value is -0.800. The van der Waals surface area contributed by atoms with Crippen molar-refractivity contribution in [2.45, 2.75) is 49.6 Å². The molecule has 2 rings (SSSR count). The Kier molecular flexibility index (Phi) is 10.6. The van der Waals surface area contributed by atoms with Crippen LogP contribution in [0.25, 0.3) is 0 Å². The van der Waals surface area contributed by atoms with E-state index in [9.17, 15) is 15.0 Å². The third-order valence-electron chi connectivity index (χ3n) is 4.78. The Bertz CT molecular complexity index is 585. The highest BCUT2D eigenvalue weighted by molar-refractivity contribution is 9.10. The van der Waals surface area contributed by atoms with E-state index >= 15 is 0 Å². The van der Waals surface area contributed by atoms with Crippen LogP contribution in [0.4, 0.5) is 0 Å². The van der Waals surface area contributed by atoms with Gasteiger partial charge in [-0.1, -0.05) is 22.4 Å². The standard InChI is InChI=1S/C20H29BrO6S/c21-14-4-6-16(7-5-14)27-11-15(22)13-28-19-9-8-18(23)17(19)3-1-2-10-26-12-20(24)25/h4-7,15,17-19,22-23H,1-3,8-13H2,(H,24,25). The van der Waals surface area contributed by atoms with Crippen molar-refractivity contribution < 1.29 is 29.6 Å². The summed E-state index contributed by atoms with van der Waals surface area (Å²) in [5.74, 6) is 0.563. The SMILES string of the molecule is O=C(O)COCCCCC1C(O)CCC1SCC(O)COc1ccc(Br)cc1. The molecule has 0 saturated heterocycles. The number of benzene rings is 1. The van der Waals surface area contributed by atoms with Crippen molar-refractivity contribution in [2.24, 2.45) is 5.92 Å². The molecule has 158 valence electrons. The topological polar surface area (TPSA) is 96.2 Å². The summed E-state index contributed by atoms with van der Waals surface area (Å²) < 4.78 is 11.6. The van der Waals surface area contributed by atoms with Crippen molar-refractivity contribution >= 4 is 33.7 Å². The predicted molar refractivity (Wildman–Crippen MR) is 113 cm³/mol. The molecule has 8 heteroatoms. The summed E-state index contributed by atoms with van der Waals surface area (Å²) in [7, 11) is 0. The Labute approximate surface area is 178 Å². The maximum absolute atomic E-state index is 10.4. The van der Waals surface area contributed by atoms with Crippen LogP contribution in [0, 0.1) is 5.92 Å². The fourth-order valence-electron chi connectivity index (χ4n) is 3.35. The van der Waals surface area contributed by atoms with E-state index in [-0.39, 0.29) is 25.2 Å². The summed E-state index contributed by atoms with van der Waals surface area (Å²) >= 11 is 5.08. The van der Waals surface area contributed by atoms with Crippen molar-refractivity contribution in [3.05, 3.63) is 28.7 Å². The molecular formula is C20H29BrO6S. The number of halogens is 1. The molecule has 1 fully saturated rings. The van der Waals surface area contributed by atoms with Gasteiger partial charge in [-0.25, -0.2) is 4.79 Å². The van der Waals surface area contributed by atoms with E-state index in [0.29, 0.717) is 17.6 Å². The van der Waals surface area contributed by atoms with Gasteiger partial charge in [0.2, 0.25) is 0 Å². The minimum absolute atomic E-state index is 0.212. The van der Waals surface area contributed by atoms with Crippen LogP contribution in [-0.4, -0.2) is 64.3 Å². The number of aliphatic hydroxyl groups is 2. The number of thioether (sulfide) groups is 1. The number of hydrogen-bond donors (Lipinski definition) is 3. The number of unbranched alkanes of at least 4 members (excludes halogenated alkanes) is 1. The highest BCUT2D eigenvalue weighted by atomic mass is 79.9. The molecule has 1 aromatic rings. The van der Waals surface area contributed by atoms with Gasteiger partial charge in [0, 0.05) is 22.1 Å². The first-order valence-corrected chi connectivity index (χ1v) is 11.5. The summed E-state index contributed by atoms with van der Waals surface area (Å²) in [5, 5.41) is 29.3. The van der Waals surface area contributed by atoms with Crippen molar-refractivity contribution in [1.82, 2.24) is 0 Å². The molecule has 1 aliphatic carbocycles. The Morgan fingerprint density at radius 3 is 2.71 bits per heavy atom. The molecule has 1 saturated carbocycles. The van der Waals surface area contributed by atoms with Crippen LogP contribution in [0.5, 0.6) is 5.75 Å². The normalized spacial score (nSPS) is 22.9. The second-order valence-electron chi connectivity index (χ2n) is 7.04. The molecule has 0 heterocycles. The van der Waals surface area contributed by atoms with E-state index in [1.54, 1.807) is 11.8 Å². The molecular weight excluding hydrogens is 448 g/mol. The van der Waals surface area contributed by atoms with Gasteiger partial charge in [-0.3, -0.25) is 0 Å². The number of carboxylic acid groups (broad SMARTS) is 1. The average molecular weight is 477 g/mol. The monoisotopic (exact) mass is 476 g/mol. The molecule has 6 nitrogen and oxygen atoms in total. The first-order chi connectivity index (χ1) is 13.5. The molecule has 4 unspecified atom stereocenters. The lowest BCUT2D eigenvalue weighted by Crippen LogP contribution is -2.25. The summed E-state index contributed by atoms with van der Waals surface area (Å²) in [5.41, 5.74) is 0. The smallest absolute Gasteiger partial charge is 0.329 e. The number of ether oxygens (including phenoxy) is 2. The van der Waals surface area contributed by atoms with E-state index in [4.69, 9.17) is 14.6 Å². The fraction of sp³-hybridized carbons (Fsp3) is 0.650. The van der Waals surface area contributed by atoms with Gasteiger partial charge in [0.1, 0.15) is 19.0 Å². The molecule has 4 atom stereocenters.